The first kappa shape index (κ1) is 13.3. The molecule has 2 unspecified atom stereocenters. The van der Waals surface area contributed by atoms with Crippen LogP contribution in [0.5, 0.6) is 0 Å². The third kappa shape index (κ3) is 2.65. The SMILES string of the molecule is CCC(C)c1ccc(C(O)c2sccc2C)cc1. The molecule has 0 saturated carbocycles. The fraction of sp³-hybridized carbons (Fsp3) is 0.375. The van der Waals surface area contributed by atoms with Gasteiger partial charge < -0.3 is 5.11 Å². The number of aliphatic hydroxyl groups is 1. The maximum atomic E-state index is 10.4. The molecular formula is C16H20OS. The quantitative estimate of drug-likeness (QED) is 0.848. The van der Waals surface area contributed by atoms with Crippen LogP contribution in [-0.2, 0) is 0 Å². The van der Waals surface area contributed by atoms with Gasteiger partial charge in [0, 0.05) is 4.88 Å². The van der Waals surface area contributed by atoms with Crippen LogP contribution in [0.15, 0.2) is 35.7 Å². The summed E-state index contributed by atoms with van der Waals surface area (Å²) in [4.78, 5) is 1.05. The molecule has 1 nitrogen and oxygen atoms in total. The zero-order valence-corrected chi connectivity index (χ0v) is 12.0. The van der Waals surface area contributed by atoms with Gasteiger partial charge in [-0.2, -0.15) is 0 Å². The summed E-state index contributed by atoms with van der Waals surface area (Å²) in [5.41, 5.74) is 3.49. The molecule has 0 amide bonds. The third-order valence-electron chi connectivity index (χ3n) is 3.58. The maximum absolute atomic E-state index is 10.4. The van der Waals surface area contributed by atoms with Gasteiger partial charge in [-0.25, -0.2) is 0 Å². The Morgan fingerprint density at radius 2 is 1.72 bits per heavy atom. The summed E-state index contributed by atoms with van der Waals surface area (Å²) >= 11 is 1.62. The van der Waals surface area contributed by atoms with Crippen molar-refractivity contribution in [1.82, 2.24) is 0 Å². The lowest BCUT2D eigenvalue weighted by Crippen LogP contribution is -1.99. The summed E-state index contributed by atoms with van der Waals surface area (Å²) in [6, 6.07) is 10.4. The van der Waals surface area contributed by atoms with Gasteiger partial charge in [-0.3, -0.25) is 0 Å². The molecule has 0 spiro atoms. The van der Waals surface area contributed by atoms with Crippen LogP contribution in [0.2, 0.25) is 0 Å². The zero-order chi connectivity index (χ0) is 13.1. The van der Waals surface area contributed by atoms with Gasteiger partial charge in [0.2, 0.25) is 0 Å². The predicted molar refractivity (Wildman–Crippen MR) is 78.3 cm³/mol. The molecule has 0 fully saturated rings. The Hall–Kier alpha value is -1.12. The first-order valence-corrected chi connectivity index (χ1v) is 7.33. The number of benzene rings is 1. The largest absolute Gasteiger partial charge is 0.383 e. The minimum atomic E-state index is -0.490. The van der Waals surface area contributed by atoms with Crippen LogP contribution < -0.4 is 0 Å². The molecule has 1 aromatic heterocycles. The minimum absolute atomic E-state index is 0.490. The molecule has 1 N–H and O–H groups in total. The summed E-state index contributed by atoms with van der Waals surface area (Å²) in [5.74, 6) is 0.583. The van der Waals surface area contributed by atoms with Gasteiger partial charge in [-0.05, 0) is 47.4 Å². The molecule has 0 aliphatic rings. The lowest BCUT2D eigenvalue weighted by atomic mass is 9.96. The normalized spacial score (nSPS) is 14.4. The van der Waals surface area contributed by atoms with Crippen molar-refractivity contribution in [3.05, 3.63) is 57.3 Å². The standard InChI is InChI=1S/C16H20OS/c1-4-11(2)13-5-7-14(8-6-13)15(17)16-12(3)9-10-18-16/h5-11,15,17H,4H2,1-3H3. The highest BCUT2D eigenvalue weighted by Gasteiger charge is 2.14. The molecule has 0 radical (unpaired) electrons. The molecule has 2 atom stereocenters. The Morgan fingerprint density at radius 3 is 2.22 bits per heavy atom. The molecule has 2 rings (SSSR count). The van der Waals surface area contributed by atoms with E-state index in [1.54, 1.807) is 11.3 Å². The number of hydrogen-bond acceptors (Lipinski definition) is 2. The number of aryl methyl sites for hydroxylation is 1. The van der Waals surface area contributed by atoms with Crippen molar-refractivity contribution >= 4 is 11.3 Å². The van der Waals surface area contributed by atoms with Crippen LogP contribution in [-0.4, -0.2) is 5.11 Å². The molecular weight excluding hydrogens is 240 g/mol. The van der Waals surface area contributed by atoms with E-state index in [1.807, 2.05) is 24.4 Å². The molecule has 0 aliphatic heterocycles. The average molecular weight is 260 g/mol. The van der Waals surface area contributed by atoms with Gasteiger partial charge in [-0.15, -0.1) is 11.3 Å². The average Bonchev–Trinajstić information content (AvgIpc) is 2.83. The number of rotatable bonds is 4. The molecule has 0 bridgehead atoms. The van der Waals surface area contributed by atoms with Crippen LogP contribution in [0.1, 0.15) is 53.9 Å². The third-order valence-corrected chi connectivity index (χ3v) is 4.66. The summed E-state index contributed by atoms with van der Waals surface area (Å²) in [6.07, 6.45) is 0.655. The highest BCUT2D eigenvalue weighted by molar-refractivity contribution is 7.10. The van der Waals surface area contributed by atoms with E-state index in [4.69, 9.17) is 0 Å². The van der Waals surface area contributed by atoms with Gasteiger partial charge in [0.1, 0.15) is 6.10 Å². The molecule has 96 valence electrons. The zero-order valence-electron chi connectivity index (χ0n) is 11.2. The van der Waals surface area contributed by atoms with E-state index < -0.39 is 6.10 Å². The van der Waals surface area contributed by atoms with Crippen LogP contribution in [0.4, 0.5) is 0 Å². The van der Waals surface area contributed by atoms with Crippen molar-refractivity contribution in [1.29, 1.82) is 0 Å². The van der Waals surface area contributed by atoms with E-state index in [-0.39, 0.29) is 0 Å². The number of hydrogen-bond donors (Lipinski definition) is 1. The Labute approximate surface area is 113 Å². The molecule has 1 aromatic carbocycles. The van der Waals surface area contributed by atoms with Crippen LogP contribution in [0, 0.1) is 6.92 Å². The Balaban J connectivity index is 2.22. The summed E-state index contributed by atoms with van der Waals surface area (Å²) in [5, 5.41) is 12.4. The van der Waals surface area contributed by atoms with Gasteiger partial charge in [-0.1, -0.05) is 38.1 Å². The summed E-state index contributed by atoms with van der Waals surface area (Å²) in [6.45, 7) is 6.47. The number of aliphatic hydroxyl groups excluding tert-OH is 1. The Bertz CT molecular complexity index is 498. The summed E-state index contributed by atoms with van der Waals surface area (Å²) in [7, 11) is 0. The lowest BCUT2D eigenvalue weighted by Gasteiger charge is -2.13. The van der Waals surface area contributed by atoms with E-state index in [0.717, 1.165) is 16.9 Å². The first-order valence-electron chi connectivity index (χ1n) is 6.45. The van der Waals surface area contributed by atoms with Crippen molar-refractivity contribution in [3.63, 3.8) is 0 Å². The molecule has 0 saturated heterocycles. The first-order chi connectivity index (χ1) is 8.63. The molecule has 1 heterocycles. The smallest absolute Gasteiger partial charge is 0.113 e. The van der Waals surface area contributed by atoms with Gasteiger partial charge in [0.25, 0.3) is 0 Å². The van der Waals surface area contributed by atoms with E-state index in [0.29, 0.717) is 5.92 Å². The lowest BCUT2D eigenvalue weighted by molar-refractivity contribution is 0.223. The van der Waals surface area contributed by atoms with Crippen molar-refractivity contribution in [2.24, 2.45) is 0 Å². The second-order valence-electron chi connectivity index (χ2n) is 4.85. The fourth-order valence-electron chi connectivity index (χ4n) is 2.06. The van der Waals surface area contributed by atoms with Gasteiger partial charge >= 0.3 is 0 Å². The number of thiophene rings is 1. The maximum Gasteiger partial charge on any atom is 0.113 e. The Morgan fingerprint density at radius 1 is 1.11 bits per heavy atom. The van der Waals surface area contributed by atoms with Gasteiger partial charge in [0.15, 0.2) is 0 Å². The van der Waals surface area contributed by atoms with Crippen LogP contribution >= 0.6 is 11.3 Å². The van der Waals surface area contributed by atoms with Crippen molar-refractivity contribution in [2.75, 3.05) is 0 Å². The van der Waals surface area contributed by atoms with E-state index in [1.165, 1.54) is 11.1 Å². The Kier molecular flexibility index (Phi) is 4.20. The predicted octanol–water partition coefficient (Wildman–Crippen LogP) is 4.65. The fourth-order valence-corrected chi connectivity index (χ4v) is 3.00. The molecule has 2 aromatic rings. The van der Waals surface area contributed by atoms with E-state index in [9.17, 15) is 5.11 Å². The molecule has 18 heavy (non-hydrogen) atoms. The monoisotopic (exact) mass is 260 g/mol. The van der Waals surface area contributed by atoms with Crippen LogP contribution in [0.25, 0.3) is 0 Å². The highest BCUT2D eigenvalue weighted by Crippen LogP contribution is 2.30. The van der Waals surface area contributed by atoms with E-state index >= 15 is 0 Å². The molecule has 0 aliphatic carbocycles. The second-order valence-corrected chi connectivity index (χ2v) is 5.79. The highest BCUT2D eigenvalue weighted by atomic mass is 32.1. The van der Waals surface area contributed by atoms with Gasteiger partial charge in [0.05, 0.1) is 0 Å². The van der Waals surface area contributed by atoms with Crippen molar-refractivity contribution < 1.29 is 5.11 Å². The van der Waals surface area contributed by atoms with Crippen LogP contribution in [0.3, 0.4) is 0 Å². The second kappa shape index (κ2) is 5.68. The van der Waals surface area contributed by atoms with Crippen molar-refractivity contribution in [3.8, 4) is 0 Å². The van der Waals surface area contributed by atoms with E-state index in [2.05, 4.69) is 32.0 Å². The topological polar surface area (TPSA) is 20.2 Å². The van der Waals surface area contributed by atoms with Crippen molar-refractivity contribution in [2.45, 2.75) is 39.2 Å². The molecule has 2 heteroatoms. The minimum Gasteiger partial charge on any atom is -0.383 e. The summed E-state index contributed by atoms with van der Waals surface area (Å²) < 4.78 is 0.